The van der Waals surface area contributed by atoms with Crippen LogP contribution in [0.5, 0.6) is 0 Å². The zero-order chi connectivity index (χ0) is 11.9. The maximum absolute atomic E-state index is 12.0. The summed E-state index contributed by atoms with van der Waals surface area (Å²) in [6.07, 6.45) is 5.31. The molecule has 4 N–H and O–H groups in total. The van der Waals surface area contributed by atoms with Crippen molar-refractivity contribution in [2.75, 3.05) is 26.2 Å². The smallest absolute Gasteiger partial charge is 0.227 e. The van der Waals surface area contributed by atoms with Gasteiger partial charge in [0.2, 0.25) is 5.91 Å². The third kappa shape index (κ3) is 5.74. The molecule has 110 valence electrons. The Bertz CT molecular complexity index is 221. The fourth-order valence-electron chi connectivity index (χ4n) is 2.33. The number of hydrogen-bond donors (Lipinski definition) is 3. The summed E-state index contributed by atoms with van der Waals surface area (Å²) in [6, 6.07) is 0. The monoisotopic (exact) mass is 299 g/mol. The van der Waals surface area contributed by atoms with Crippen molar-refractivity contribution < 1.29 is 4.79 Å². The van der Waals surface area contributed by atoms with Crippen LogP contribution in [0.1, 0.15) is 39.0 Å². The summed E-state index contributed by atoms with van der Waals surface area (Å²) in [5.41, 5.74) is 5.49. The highest BCUT2D eigenvalue weighted by Crippen LogP contribution is 2.37. The molecule has 1 aliphatic rings. The Hall–Kier alpha value is -0.0300. The predicted molar refractivity (Wildman–Crippen MR) is 80.6 cm³/mol. The van der Waals surface area contributed by atoms with E-state index in [0.29, 0.717) is 13.1 Å². The first-order valence-electron chi connectivity index (χ1n) is 6.44. The van der Waals surface area contributed by atoms with Gasteiger partial charge >= 0.3 is 0 Å². The third-order valence-corrected chi connectivity index (χ3v) is 3.45. The highest BCUT2D eigenvalue weighted by Gasteiger charge is 2.39. The maximum Gasteiger partial charge on any atom is 0.227 e. The third-order valence-electron chi connectivity index (χ3n) is 3.45. The van der Waals surface area contributed by atoms with Crippen LogP contribution in [0, 0.1) is 5.41 Å². The highest BCUT2D eigenvalue weighted by atomic mass is 35.5. The maximum atomic E-state index is 12.0. The van der Waals surface area contributed by atoms with E-state index >= 15 is 0 Å². The number of amides is 1. The molecule has 1 amide bonds. The van der Waals surface area contributed by atoms with E-state index in [-0.39, 0.29) is 36.1 Å². The number of hydrogen-bond acceptors (Lipinski definition) is 3. The minimum absolute atomic E-state index is 0. The lowest BCUT2D eigenvalue weighted by atomic mass is 9.85. The first-order chi connectivity index (χ1) is 7.75. The summed E-state index contributed by atoms with van der Waals surface area (Å²) in [5.74, 6) is 0.158. The fraction of sp³-hybridized carbons (Fsp3) is 0.917. The summed E-state index contributed by atoms with van der Waals surface area (Å²) in [7, 11) is 0. The second kappa shape index (κ2) is 10.9. The largest absolute Gasteiger partial charge is 0.354 e. The van der Waals surface area contributed by atoms with Gasteiger partial charge in [-0.15, -0.1) is 24.8 Å². The molecule has 0 bridgehead atoms. The summed E-state index contributed by atoms with van der Waals surface area (Å²) in [5, 5.41) is 6.26. The number of rotatable bonds is 7. The molecule has 0 radical (unpaired) electrons. The summed E-state index contributed by atoms with van der Waals surface area (Å²) < 4.78 is 0. The van der Waals surface area contributed by atoms with E-state index in [1.54, 1.807) is 0 Å². The first-order valence-corrected chi connectivity index (χ1v) is 6.44. The van der Waals surface area contributed by atoms with E-state index in [0.717, 1.165) is 45.2 Å². The zero-order valence-corrected chi connectivity index (χ0v) is 12.8. The molecule has 0 aromatic rings. The van der Waals surface area contributed by atoms with E-state index in [9.17, 15) is 4.79 Å². The van der Waals surface area contributed by atoms with Gasteiger partial charge in [-0.3, -0.25) is 4.79 Å². The molecule has 0 aromatic heterocycles. The van der Waals surface area contributed by atoms with Crippen LogP contribution >= 0.6 is 24.8 Å². The Labute approximate surface area is 123 Å². The van der Waals surface area contributed by atoms with Gasteiger partial charge < -0.3 is 16.4 Å². The number of nitrogens with two attached hydrogens (primary N) is 1. The van der Waals surface area contributed by atoms with Crippen molar-refractivity contribution in [1.29, 1.82) is 0 Å². The van der Waals surface area contributed by atoms with Gasteiger partial charge in [-0.25, -0.2) is 0 Å². The van der Waals surface area contributed by atoms with Crippen LogP contribution in [0.4, 0.5) is 0 Å². The predicted octanol–water partition coefficient (Wildman–Crippen LogP) is 1.46. The molecule has 1 rings (SSSR count). The van der Waals surface area contributed by atoms with E-state index in [1.807, 2.05) is 0 Å². The highest BCUT2D eigenvalue weighted by molar-refractivity contribution is 5.85. The Morgan fingerprint density at radius 2 is 1.78 bits per heavy atom. The zero-order valence-electron chi connectivity index (χ0n) is 11.2. The average Bonchev–Trinajstić information content (AvgIpc) is 2.78. The van der Waals surface area contributed by atoms with Crippen LogP contribution in [-0.2, 0) is 4.79 Å². The van der Waals surface area contributed by atoms with E-state index in [2.05, 4.69) is 17.6 Å². The molecule has 0 heterocycles. The van der Waals surface area contributed by atoms with Gasteiger partial charge in [0.05, 0.1) is 5.41 Å². The van der Waals surface area contributed by atoms with Crippen molar-refractivity contribution in [1.82, 2.24) is 10.6 Å². The molecule has 0 atom stereocenters. The Morgan fingerprint density at radius 1 is 1.17 bits per heavy atom. The first kappa shape index (κ1) is 20.3. The molecule has 0 aromatic carbocycles. The Kier molecular flexibility index (Phi) is 12.2. The summed E-state index contributed by atoms with van der Waals surface area (Å²) in [4.78, 5) is 12.0. The fourth-order valence-corrected chi connectivity index (χ4v) is 2.33. The standard InChI is InChI=1S/C12H25N3O.2ClH/c1-2-7-14-8-9-15-11(16)12(10-13)5-3-4-6-12;;/h14H,2-10,13H2,1H3,(H,15,16);2*1H. The van der Waals surface area contributed by atoms with Gasteiger partial charge in [-0.1, -0.05) is 19.8 Å². The van der Waals surface area contributed by atoms with Crippen LogP contribution < -0.4 is 16.4 Å². The van der Waals surface area contributed by atoms with E-state index < -0.39 is 0 Å². The van der Waals surface area contributed by atoms with Crippen LogP contribution in [0.15, 0.2) is 0 Å². The second-order valence-electron chi connectivity index (χ2n) is 4.70. The molecule has 0 spiro atoms. The molecular formula is C12H27Cl2N3O. The van der Waals surface area contributed by atoms with Gasteiger partial charge in [-0.2, -0.15) is 0 Å². The number of halogens is 2. The van der Waals surface area contributed by atoms with E-state index in [1.165, 1.54) is 0 Å². The minimum Gasteiger partial charge on any atom is -0.354 e. The molecule has 1 aliphatic carbocycles. The van der Waals surface area contributed by atoms with Crippen molar-refractivity contribution in [2.24, 2.45) is 11.1 Å². The van der Waals surface area contributed by atoms with Crippen molar-refractivity contribution in [3.05, 3.63) is 0 Å². The van der Waals surface area contributed by atoms with Crippen molar-refractivity contribution >= 4 is 30.7 Å². The average molecular weight is 300 g/mol. The molecule has 18 heavy (non-hydrogen) atoms. The molecule has 4 nitrogen and oxygen atoms in total. The number of carbonyl (C=O) groups is 1. The topological polar surface area (TPSA) is 67.1 Å². The van der Waals surface area contributed by atoms with Crippen LogP contribution in [0.3, 0.4) is 0 Å². The summed E-state index contributed by atoms with van der Waals surface area (Å²) >= 11 is 0. The van der Waals surface area contributed by atoms with Crippen LogP contribution in [0.25, 0.3) is 0 Å². The minimum atomic E-state index is -0.259. The molecule has 1 fully saturated rings. The molecule has 0 unspecified atom stereocenters. The van der Waals surface area contributed by atoms with Gasteiger partial charge in [0.25, 0.3) is 0 Å². The number of nitrogens with one attached hydrogen (secondary N) is 2. The van der Waals surface area contributed by atoms with Crippen LogP contribution in [-0.4, -0.2) is 32.1 Å². The van der Waals surface area contributed by atoms with E-state index in [4.69, 9.17) is 5.73 Å². The lowest BCUT2D eigenvalue weighted by molar-refractivity contribution is -0.130. The van der Waals surface area contributed by atoms with Crippen LogP contribution in [0.2, 0.25) is 0 Å². The Balaban J connectivity index is 0. The second-order valence-corrected chi connectivity index (χ2v) is 4.70. The lowest BCUT2D eigenvalue weighted by Gasteiger charge is -2.25. The van der Waals surface area contributed by atoms with Crippen molar-refractivity contribution in [3.63, 3.8) is 0 Å². The van der Waals surface area contributed by atoms with Gasteiger partial charge in [0.1, 0.15) is 0 Å². The van der Waals surface area contributed by atoms with Gasteiger partial charge in [0.15, 0.2) is 0 Å². The molecule has 0 aliphatic heterocycles. The van der Waals surface area contributed by atoms with Gasteiger partial charge in [0, 0.05) is 19.6 Å². The summed E-state index contributed by atoms with van der Waals surface area (Å²) in [6.45, 7) is 5.19. The quantitative estimate of drug-likeness (QED) is 0.624. The molecular weight excluding hydrogens is 273 g/mol. The SMILES string of the molecule is CCCNCCNC(=O)C1(CN)CCCC1.Cl.Cl. The normalized spacial score (nSPS) is 16.6. The number of carbonyl (C=O) groups excluding carboxylic acids is 1. The molecule has 0 saturated heterocycles. The van der Waals surface area contributed by atoms with Crippen molar-refractivity contribution in [2.45, 2.75) is 39.0 Å². The lowest BCUT2D eigenvalue weighted by Crippen LogP contribution is -2.45. The Morgan fingerprint density at radius 3 is 2.28 bits per heavy atom. The van der Waals surface area contributed by atoms with Gasteiger partial charge in [-0.05, 0) is 25.8 Å². The molecule has 6 heteroatoms. The van der Waals surface area contributed by atoms with Crippen molar-refractivity contribution in [3.8, 4) is 0 Å². The molecule has 1 saturated carbocycles.